The number of ether oxygens (including phenoxy) is 1. The molecule has 0 aliphatic rings. The minimum atomic E-state index is -0.409. The molecule has 0 radical (unpaired) electrons. The number of rotatable bonds is 7. The van der Waals surface area contributed by atoms with Gasteiger partial charge in [-0.2, -0.15) is 0 Å². The minimum Gasteiger partial charge on any atom is -0.469 e. The molecule has 4 heteroatoms. The number of aryl methyl sites for hydroxylation is 1. The van der Waals surface area contributed by atoms with Gasteiger partial charge < -0.3 is 4.74 Å². The van der Waals surface area contributed by atoms with Gasteiger partial charge in [-0.15, -0.1) is 0 Å². The predicted molar refractivity (Wildman–Crippen MR) is 74.9 cm³/mol. The summed E-state index contributed by atoms with van der Waals surface area (Å²) >= 11 is 5.45. The number of esters is 1. The summed E-state index contributed by atoms with van der Waals surface area (Å²) in [4.78, 5) is 22.8. The highest BCUT2D eigenvalue weighted by Gasteiger charge is 2.24. The molecule has 0 heterocycles. The smallest absolute Gasteiger partial charge is 0.308 e. The van der Waals surface area contributed by atoms with E-state index in [4.69, 9.17) is 16.3 Å². The van der Waals surface area contributed by atoms with Gasteiger partial charge in [-0.05, 0) is 36.4 Å². The Hall–Kier alpha value is -1.35. The summed E-state index contributed by atoms with van der Waals surface area (Å²) in [6.07, 6.45) is 1.87. The fraction of sp³-hybridized carbons (Fsp3) is 0.467. The molecule has 0 N–H and O–H groups in total. The highest BCUT2D eigenvalue weighted by molar-refractivity contribution is 6.63. The van der Waals surface area contributed by atoms with Crippen molar-refractivity contribution < 1.29 is 14.3 Å². The highest BCUT2D eigenvalue weighted by atomic mass is 35.5. The number of halogens is 1. The van der Waals surface area contributed by atoms with Gasteiger partial charge in [0.25, 0.3) is 0 Å². The van der Waals surface area contributed by atoms with Crippen molar-refractivity contribution in [2.45, 2.75) is 26.2 Å². The first-order chi connectivity index (χ1) is 9.04. The SMILES string of the molecule is COC(=O)C(CCc1ccccc1)CC(C)C(=O)Cl. The molecule has 0 aromatic heterocycles. The lowest BCUT2D eigenvalue weighted by Crippen LogP contribution is -2.21. The van der Waals surface area contributed by atoms with Crippen LogP contribution in [-0.2, 0) is 20.7 Å². The van der Waals surface area contributed by atoms with Crippen LogP contribution in [-0.4, -0.2) is 18.3 Å². The fourth-order valence-electron chi connectivity index (χ4n) is 2.00. The van der Waals surface area contributed by atoms with Gasteiger partial charge in [0, 0.05) is 5.92 Å². The van der Waals surface area contributed by atoms with Gasteiger partial charge in [0.15, 0.2) is 0 Å². The summed E-state index contributed by atoms with van der Waals surface area (Å²) in [5.41, 5.74) is 1.17. The van der Waals surface area contributed by atoms with E-state index in [-0.39, 0.29) is 17.8 Å². The maximum atomic E-state index is 11.7. The monoisotopic (exact) mass is 282 g/mol. The molecule has 19 heavy (non-hydrogen) atoms. The zero-order chi connectivity index (χ0) is 14.3. The summed E-state index contributed by atoms with van der Waals surface area (Å²) in [5.74, 6) is -0.898. The van der Waals surface area contributed by atoms with Gasteiger partial charge in [0.1, 0.15) is 0 Å². The Morgan fingerprint density at radius 1 is 1.26 bits per heavy atom. The van der Waals surface area contributed by atoms with E-state index >= 15 is 0 Å². The Morgan fingerprint density at radius 3 is 2.42 bits per heavy atom. The van der Waals surface area contributed by atoms with Gasteiger partial charge in [0.2, 0.25) is 5.24 Å². The van der Waals surface area contributed by atoms with Crippen LogP contribution in [0.2, 0.25) is 0 Å². The van der Waals surface area contributed by atoms with E-state index < -0.39 is 5.24 Å². The molecule has 0 aliphatic carbocycles. The molecule has 1 aromatic rings. The van der Waals surface area contributed by atoms with Crippen molar-refractivity contribution >= 4 is 22.8 Å². The van der Waals surface area contributed by atoms with E-state index in [9.17, 15) is 9.59 Å². The summed E-state index contributed by atoms with van der Waals surface area (Å²) in [5, 5.41) is -0.409. The maximum absolute atomic E-state index is 11.7. The molecule has 0 saturated carbocycles. The first kappa shape index (κ1) is 15.7. The fourth-order valence-corrected chi connectivity index (χ4v) is 2.09. The Kier molecular flexibility index (Phi) is 6.57. The van der Waals surface area contributed by atoms with Crippen LogP contribution < -0.4 is 0 Å². The van der Waals surface area contributed by atoms with Gasteiger partial charge in [-0.25, -0.2) is 0 Å². The van der Waals surface area contributed by atoms with Crippen molar-refractivity contribution in [3.63, 3.8) is 0 Å². The number of hydrogen-bond acceptors (Lipinski definition) is 3. The van der Waals surface area contributed by atoms with Crippen LogP contribution in [0.25, 0.3) is 0 Å². The lowest BCUT2D eigenvalue weighted by atomic mass is 9.91. The second-order valence-corrected chi connectivity index (χ2v) is 5.06. The number of carbonyl (C=O) groups is 2. The average Bonchev–Trinajstić information content (AvgIpc) is 2.43. The van der Waals surface area contributed by atoms with E-state index in [1.807, 2.05) is 30.3 Å². The molecule has 2 atom stereocenters. The van der Waals surface area contributed by atoms with Crippen LogP contribution in [0.3, 0.4) is 0 Å². The number of carbonyl (C=O) groups excluding carboxylic acids is 2. The molecule has 3 nitrogen and oxygen atoms in total. The van der Waals surface area contributed by atoms with Gasteiger partial charge in [-0.3, -0.25) is 9.59 Å². The lowest BCUT2D eigenvalue weighted by Gasteiger charge is -2.16. The molecule has 0 spiro atoms. The number of benzene rings is 1. The Labute approximate surface area is 118 Å². The average molecular weight is 283 g/mol. The van der Waals surface area contributed by atoms with E-state index in [2.05, 4.69) is 0 Å². The molecule has 2 unspecified atom stereocenters. The first-order valence-electron chi connectivity index (χ1n) is 6.35. The molecule has 1 rings (SSSR count). The number of methoxy groups -OCH3 is 1. The molecule has 0 saturated heterocycles. The number of hydrogen-bond donors (Lipinski definition) is 0. The third kappa shape index (κ3) is 5.43. The zero-order valence-electron chi connectivity index (χ0n) is 11.3. The Balaban J connectivity index is 2.60. The maximum Gasteiger partial charge on any atom is 0.308 e. The third-order valence-electron chi connectivity index (χ3n) is 3.18. The van der Waals surface area contributed by atoms with Gasteiger partial charge in [-0.1, -0.05) is 37.3 Å². The molecule has 0 bridgehead atoms. The largest absolute Gasteiger partial charge is 0.469 e. The quantitative estimate of drug-likeness (QED) is 0.570. The standard InChI is InChI=1S/C15H19ClO3/c1-11(14(16)17)10-13(15(18)19-2)9-8-12-6-4-3-5-7-12/h3-7,11,13H,8-10H2,1-2H3. The van der Waals surface area contributed by atoms with Crippen molar-refractivity contribution in [1.82, 2.24) is 0 Å². The zero-order valence-corrected chi connectivity index (χ0v) is 12.0. The van der Waals surface area contributed by atoms with Crippen LogP contribution >= 0.6 is 11.6 Å². The molecule has 0 amide bonds. The van der Waals surface area contributed by atoms with Crippen molar-refractivity contribution in [2.24, 2.45) is 11.8 Å². The van der Waals surface area contributed by atoms with E-state index in [0.29, 0.717) is 12.8 Å². The molecule has 0 aliphatic heterocycles. The highest BCUT2D eigenvalue weighted by Crippen LogP contribution is 2.21. The molecule has 104 valence electrons. The van der Waals surface area contributed by atoms with Gasteiger partial charge >= 0.3 is 5.97 Å². The predicted octanol–water partition coefficient (Wildman–Crippen LogP) is 3.20. The minimum absolute atomic E-state index is 0.277. The summed E-state index contributed by atoms with van der Waals surface area (Å²) < 4.78 is 4.79. The molecular formula is C15H19ClO3. The van der Waals surface area contributed by atoms with Crippen molar-refractivity contribution in [3.8, 4) is 0 Å². The van der Waals surface area contributed by atoms with Crippen molar-refractivity contribution in [2.75, 3.05) is 7.11 Å². The third-order valence-corrected chi connectivity index (χ3v) is 3.56. The second-order valence-electron chi connectivity index (χ2n) is 4.69. The molecule has 0 fully saturated rings. The lowest BCUT2D eigenvalue weighted by molar-refractivity contribution is -0.146. The summed E-state index contributed by atoms with van der Waals surface area (Å²) in [7, 11) is 1.37. The summed E-state index contributed by atoms with van der Waals surface area (Å²) in [6, 6.07) is 9.92. The van der Waals surface area contributed by atoms with E-state index in [1.54, 1.807) is 6.92 Å². The second kappa shape index (κ2) is 7.95. The topological polar surface area (TPSA) is 43.4 Å². The van der Waals surface area contributed by atoms with Crippen LogP contribution in [0.4, 0.5) is 0 Å². The van der Waals surface area contributed by atoms with Crippen LogP contribution in [0.5, 0.6) is 0 Å². The van der Waals surface area contributed by atoms with Crippen LogP contribution in [0, 0.1) is 11.8 Å². The van der Waals surface area contributed by atoms with Gasteiger partial charge in [0.05, 0.1) is 13.0 Å². The van der Waals surface area contributed by atoms with E-state index in [0.717, 1.165) is 6.42 Å². The van der Waals surface area contributed by atoms with Crippen LogP contribution in [0.15, 0.2) is 30.3 Å². The molecule has 1 aromatic carbocycles. The Morgan fingerprint density at radius 2 is 1.89 bits per heavy atom. The van der Waals surface area contributed by atoms with E-state index in [1.165, 1.54) is 12.7 Å². The summed E-state index contributed by atoms with van der Waals surface area (Å²) in [6.45, 7) is 1.73. The Bertz CT molecular complexity index is 417. The molecular weight excluding hydrogens is 264 g/mol. The first-order valence-corrected chi connectivity index (χ1v) is 6.73. The van der Waals surface area contributed by atoms with Crippen molar-refractivity contribution in [1.29, 1.82) is 0 Å². The normalized spacial score (nSPS) is 13.6. The van der Waals surface area contributed by atoms with Crippen LogP contribution in [0.1, 0.15) is 25.3 Å². The van der Waals surface area contributed by atoms with Crippen molar-refractivity contribution in [3.05, 3.63) is 35.9 Å².